The highest BCUT2D eigenvalue weighted by atomic mass is 16.3. The van der Waals surface area contributed by atoms with Crippen LogP contribution in [0.3, 0.4) is 0 Å². The molecule has 2 rings (SSSR count). The summed E-state index contributed by atoms with van der Waals surface area (Å²) in [7, 11) is 0. The SMILES string of the molecule is CCCNc1cccc(NCCc2ccco2)n1. The molecule has 18 heavy (non-hydrogen) atoms. The molecule has 0 unspecified atom stereocenters. The number of aromatic nitrogens is 1. The Labute approximate surface area is 107 Å². The Kier molecular flexibility index (Phi) is 4.64. The average molecular weight is 245 g/mol. The minimum absolute atomic E-state index is 0.817. The number of hydrogen-bond acceptors (Lipinski definition) is 4. The zero-order chi connectivity index (χ0) is 12.6. The van der Waals surface area contributed by atoms with Crippen LogP contribution in [-0.4, -0.2) is 18.1 Å². The van der Waals surface area contributed by atoms with Crippen LogP contribution < -0.4 is 10.6 Å². The summed E-state index contributed by atoms with van der Waals surface area (Å²) in [5.74, 6) is 2.80. The molecule has 0 aliphatic rings. The Balaban J connectivity index is 1.81. The van der Waals surface area contributed by atoms with E-state index in [0.29, 0.717) is 0 Å². The second-order valence-corrected chi connectivity index (χ2v) is 4.09. The molecule has 0 saturated carbocycles. The highest BCUT2D eigenvalue weighted by Crippen LogP contribution is 2.09. The van der Waals surface area contributed by atoms with Gasteiger partial charge in [-0.05, 0) is 30.7 Å². The van der Waals surface area contributed by atoms with E-state index in [-0.39, 0.29) is 0 Å². The van der Waals surface area contributed by atoms with Crippen molar-refractivity contribution in [1.82, 2.24) is 4.98 Å². The fraction of sp³-hybridized carbons (Fsp3) is 0.357. The summed E-state index contributed by atoms with van der Waals surface area (Å²) in [5.41, 5.74) is 0. The molecule has 2 N–H and O–H groups in total. The number of nitrogens with one attached hydrogen (secondary N) is 2. The minimum atomic E-state index is 0.817. The zero-order valence-corrected chi connectivity index (χ0v) is 10.6. The average Bonchev–Trinajstić information content (AvgIpc) is 2.90. The third-order valence-corrected chi connectivity index (χ3v) is 2.56. The first-order chi connectivity index (χ1) is 8.88. The maximum atomic E-state index is 5.28. The molecule has 0 aliphatic carbocycles. The van der Waals surface area contributed by atoms with Gasteiger partial charge in [0.1, 0.15) is 17.4 Å². The molecule has 0 spiro atoms. The van der Waals surface area contributed by atoms with Crippen LogP contribution in [0.2, 0.25) is 0 Å². The second kappa shape index (κ2) is 6.69. The predicted octanol–water partition coefficient (Wildman–Crippen LogP) is 3.15. The van der Waals surface area contributed by atoms with Crippen LogP contribution >= 0.6 is 0 Å². The van der Waals surface area contributed by atoms with Crippen molar-refractivity contribution in [2.24, 2.45) is 0 Å². The van der Waals surface area contributed by atoms with Gasteiger partial charge in [0.2, 0.25) is 0 Å². The molecular formula is C14H19N3O. The van der Waals surface area contributed by atoms with Gasteiger partial charge >= 0.3 is 0 Å². The molecule has 0 radical (unpaired) electrons. The predicted molar refractivity (Wildman–Crippen MR) is 73.9 cm³/mol. The Morgan fingerprint density at radius 3 is 2.50 bits per heavy atom. The van der Waals surface area contributed by atoms with E-state index >= 15 is 0 Å². The lowest BCUT2D eigenvalue weighted by Gasteiger charge is -2.07. The number of pyridine rings is 1. The lowest BCUT2D eigenvalue weighted by Crippen LogP contribution is -2.08. The van der Waals surface area contributed by atoms with Crippen LogP contribution in [0, 0.1) is 0 Å². The van der Waals surface area contributed by atoms with E-state index in [2.05, 4.69) is 22.5 Å². The van der Waals surface area contributed by atoms with Crippen LogP contribution in [-0.2, 0) is 6.42 Å². The standard InChI is InChI=1S/C14H19N3O/c1-2-9-15-13-6-3-7-14(17-13)16-10-8-12-5-4-11-18-12/h3-7,11H,2,8-10H2,1H3,(H2,15,16,17). The van der Waals surface area contributed by atoms with Gasteiger partial charge in [-0.1, -0.05) is 13.0 Å². The van der Waals surface area contributed by atoms with E-state index < -0.39 is 0 Å². The molecule has 2 aromatic rings. The Hall–Kier alpha value is -1.97. The summed E-state index contributed by atoms with van der Waals surface area (Å²) in [6.45, 7) is 3.90. The number of furan rings is 1. The summed E-state index contributed by atoms with van der Waals surface area (Å²) in [4.78, 5) is 4.48. The lowest BCUT2D eigenvalue weighted by molar-refractivity contribution is 0.513. The normalized spacial score (nSPS) is 10.3. The molecule has 96 valence electrons. The van der Waals surface area contributed by atoms with E-state index in [0.717, 1.165) is 43.3 Å². The fourth-order valence-corrected chi connectivity index (χ4v) is 1.65. The van der Waals surface area contributed by atoms with Crippen LogP contribution in [0.5, 0.6) is 0 Å². The topological polar surface area (TPSA) is 50.1 Å². The quantitative estimate of drug-likeness (QED) is 0.786. The van der Waals surface area contributed by atoms with Gasteiger partial charge in [0, 0.05) is 19.5 Å². The van der Waals surface area contributed by atoms with Crippen molar-refractivity contribution in [1.29, 1.82) is 0 Å². The Morgan fingerprint density at radius 2 is 1.83 bits per heavy atom. The third-order valence-electron chi connectivity index (χ3n) is 2.56. The molecule has 2 aromatic heterocycles. The number of anilines is 2. The van der Waals surface area contributed by atoms with Gasteiger partial charge in [0.05, 0.1) is 6.26 Å². The highest BCUT2D eigenvalue weighted by molar-refractivity contribution is 5.45. The maximum Gasteiger partial charge on any atom is 0.128 e. The first kappa shape index (κ1) is 12.5. The van der Waals surface area contributed by atoms with Crippen molar-refractivity contribution in [3.8, 4) is 0 Å². The monoisotopic (exact) mass is 245 g/mol. The van der Waals surface area contributed by atoms with Crippen molar-refractivity contribution in [3.05, 3.63) is 42.4 Å². The third kappa shape index (κ3) is 3.80. The molecule has 0 aliphatic heterocycles. The van der Waals surface area contributed by atoms with Crippen molar-refractivity contribution in [2.45, 2.75) is 19.8 Å². The molecule has 0 bridgehead atoms. The van der Waals surface area contributed by atoms with E-state index in [4.69, 9.17) is 4.42 Å². The summed E-state index contributed by atoms with van der Waals surface area (Å²) in [6.07, 6.45) is 3.65. The Morgan fingerprint density at radius 1 is 1.06 bits per heavy atom. The first-order valence-corrected chi connectivity index (χ1v) is 6.35. The van der Waals surface area contributed by atoms with Gasteiger partial charge in [-0.15, -0.1) is 0 Å². The zero-order valence-electron chi connectivity index (χ0n) is 10.6. The van der Waals surface area contributed by atoms with E-state index in [9.17, 15) is 0 Å². The van der Waals surface area contributed by atoms with Gasteiger partial charge < -0.3 is 15.1 Å². The molecule has 4 nitrogen and oxygen atoms in total. The smallest absolute Gasteiger partial charge is 0.128 e. The summed E-state index contributed by atoms with van der Waals surface area (Å²) >= 11 is 0. The fourth-order valence-electron chi connectivity index (χ4n) is 1.65. The number of rotatable bonds is 7. The van der Waals surface area contributed by atoms with Crippen molar-refractivity contribution in [3.63, 3.8) is 0 Å². The van der Waals surface area contributed by atoms with Crippen LogP contribution in [0.15, 0.2) is 41.0 Å². The summed E-state index contributed by atoms with van der Waals surface area (Å²) < 4.78 is 5.28. The van der Waals surface area contributed by atoms with Crippen molar-refractivity contribution in [2.75, 3.05) is 23.7 Å². The molecule has 0 atom stereocenters. The number of hydrogen-bond donors (Lipinski definition) is 2. The van der Waals surface area contributed by atoms with Gasteiger partial charge in [-0.3, -0.25) is 0 Å². The summed E-state index contributed by atoms with van der Waals surface area (Å²) in [6, 6.07) is 9.84. The number of nitrogens with zero attached hydrogens (tertiary/aromatic N) is 1. The largest absolute Gasteiger partial charge is 0.469 e. The summed E-state index contributed by atoms with van der Waals surface area (Å²) in [5, 5.41) is 6.56. The molecule has 0 aromatic carbocycles. The van der Waals surface area contributed by atoms with Crippen molar-refractivity contribution >= 4 is 11.6 Å². The first-order valence-electron chi connectivity index (χ1n) is 6.35. The van der Waals surface area contributed by atoms with Crippen LogP contribution in [0.1, 0.15) is 19.1 Å². The van der Waals surface area contributed by atoms with Gasteiger partial charge in [0.25, 0.3) is 0 Å². The molecule has 0 amide bonds. The van der Waals surface area contributed by atoms with Gasteiger partial charge in [0.15, 0.2) is 0 Å². The van der Waals surface area contributed by atoms with Gasteiger partial charge in [-0.25, -0.2) is 4.98 Å². The van der Waals surface area contributed by atoms with Gasteiger partial charge in [-0.2, -0.15) is 0 Å². The van der Waals surface area contributed by atoms with E-state index in [1.807, 2.05) is 30.3 Å². The van der Waals surface area contributed by atoms with Crippen molar-refractivity contribution < 1.29 is 4.42 Å². The molecule has 2 heterocycles. The van der Waals surface area contributed by atoms with E-state index in [1.54, 1.807) is 6.26 Å². The highest BCUT2D eigenvalue weighted by Gasteiger charge is 1.98. The van der Waals surface area contributed by atoms with E-state index in [1.165, 1.54) is 0 Å². The lowest BCUT2D eigenvalue weighted by atomic mass is 10.3. The second-order valence-electron chi connectivity index (χ2n) is 4.09. The molecule has 4 heteroatoms. The maximum absolute atomic E-state index is 5.28. The molecule has 0 saturated heterocycles. The van der Waals surface area contributed by atoms with Crippen LogP contribution in [0.25, 0.3) is 0 Å². The molecular weight excluding hydrogens is 226 g/mol. The van der Waals surface area contributed by atoms with Crippen LogP contribution in [0.4, 0.5) is 11.6 Å². The molecule has 0 fully saturated rings. The Bertz CT molecular complexity index is 454. The minimum Gasteiger partial charge on any atom is -0.469 e.